The Balaban J connectivity index is 2.32. The minimum Gasteiger partial charge on any atom is -0.478 e. The lowest BCUT2D eigenvalue weighted by molar-refractivity contribution is -0.133. The zero-order valence-electron chi connectivity index (χ0n) is 10.8. The van der Waals surface area contributed by atoms with Crippen LogP contribution in [0.25, 0.3) is 0 Å². The molecule has 3 heteroatoms. The molecule has 3 nitrogen and oxygen atoms in total. The molecule has 1 saturated carbocycles. The number of rotatable bonds is 2. The molecule has 0 spiro atoms. The van der Waals surface area contributed by atoms with Crippen molar-refractivity contribution in [2.75, 3.05) is 0 Å². The van der Waals surface area contributed by atoms with Gasteiger partial charge in [-0.15, -0.1) is 0 Å². The van der Waals surface area contributed by atoms with E-state index in [4.69, 9.17) is 5.11 Å². The van der Waals surface area contributed by atoms with Gasteiger partial charge in [-0.25, -0.2) is 4.79 Å². The molecule has 0 unspecified atom stereocenters. The Morgan fingerprint density at radius 2 is 2.22 bits per heavy atom. The fraction of sp³-hybridized carbons (Fsp3) is 0.467. The SMILES string of the molecule is C=C(C(=O)O)[C@@H]1CC[C@@]2(C)C=CC(=O)C(C)=C2C1. The van der Waals surface area contributed by atoms with E-state index in [9.17, 15) is 9.59 Å². The zero-order chi connectivity index (χ0) is 13.5. The summed E-state index contributed by atoms with van der Waals surface area (Å²) in [6.07, 6.45) is 5.95. The zero-order valence-corrected chi connectivity index (χ0v) is 10.8. The molecule has 0 aromatic heterocycles. The molecule has 0 saturated heterocycles. The number of aliphatic carboxylic acids is 1. The molecule has 2 aliphatic rings. The van der Waals surface area contributed by atoms with E-state index in [0.717, 1.165) is 24.0 Å². The first-order valence-electron chi connectivity index (χ1n) is 6.21. The summed E-state index contributed by atoms with van der Waals surface area (Å²) in [6.45, 7) is 7.62. The standard InChI is InChI=1S/C15H18O3/c1-9(14(17)18)11-4-6-15(3)7-5-13(16)10(2)12(15)8-11/h5,7,11H,1,4,6,8H2,2-3H3,(H,17,18)/t11-,15+/m1/s1. The van der Waals surface area contributed by atoms with Crippen LogP contribution in [0.3, 0.4) is 0 Å². The van der Waals surface area contributed by atoms with Gasteiger partial charge in [0, 0.05) is 11.0 Å². The van der Waals surface area contributed by atoms with Crippen LogP contribution in [0.15, 0.2) is 35.5 Å². The summed E-state index contributed by atoms with van der Waals surface area (Å²) in [7, 11) is 0. The van der Waals surface area contributed by atoms with Crippen molar-refractivity contribution in [2.24, 2.45) is 11.3 Å². The molecule has 0 radical (unpaired) electrons. The van der Waals surface area contributed by atoms with Crippen LogP contribution < -0.4 is 0 Å². The predicted molar refractivity (Wildman–Crippen MR) is 69.1 cm³/mol. The average Bonchev–Trinajstić information content (AvgIpc) is 2.33. The second-order valence-electron chi connectivity index (χ2n) is 5.49. The summed E-state index contributed by atoms with van der Waals surface area (Å²) < 4.78 is 0. The highest BCUT2D eigenvalue weighted by molar-refractivity contribution is 6.05. The van der Waals surface area contributed by atoms with Crippen LogP contribution in [0.5, 0.6) is 0 Å². The summed E-state index contributed by atoms with van der Waals surface area (Å²) in [6, 6.07) is 0. The Bertz CT molecular complexity index is 496. The van der Waals surface area contributed by atoms with E-state index in [1.165, 1.54) is 0 Å². The Hall–Kier alpha value is -1.64. The first-order chi connectivity index (χ1) is 8.35. The van der Waals surface area contributed by atoms with Gasteiger partial charge in [0.2, 0.25) is 0 Å². The van der Waals surface area contributed by atoms with Gasteiger partial charge < -0.3 is 5.11 Å². The van der Waals surface area contributed by atoms with Crippen molar-refractivity contribution in [3.05, 3.63) is 35.5 Å². The van der Waals surface area contributed by atoms with Gasteiger partial charge in [-0.1, -0.05) is 25.2 Å². The van der Waals surface area contributed by atoms with Crippen molar-refractivity contribution in [1.82, 2.24) is 0 Å². The third kappa shape index (κ3) is 1.94. The van der Waals surface area contributed by atoms with Crippen LogP contribution in [0.4, 0.5) is 0 Å². The van der Waals surface area contributed by atoms with Gasteiger partial charge in [-0.3, -0.25) is 4.79 Å². The highest BCUT2D eigenvalue weighted by Gasteiger charge is 2.39. The van der Waals surface area contributed by atoms with Crippen LogP contribution >= 0.6 is 0 Å². The number of hydrogen-bond acceptors (Lipinski definition) is 2. The summed E-state index contributed by atoms with van der Waals surface area (Å²) in [4.78, 5) is 22.7. The number of carboxylic acids is 1. The molecule has 0 aromatic rings. The maximum atomic E-state index is 11.7. The monoisotopic (exact) mass is 246 g/mol. The minimum absolute atomic E-state index is 0.0418. The maximum Gasteiger partial charge on any atom is 0.331 e. The lowest BCUT2D eigenvalue weighted by Gasteiger charge is -2.40. The fourth-order valence-electron chi connectivity index (χ4n) is 2.98. The number of allylic oxidation sites excluding steroid dienone is 4. The van der Waals surface area contributed by atoms with E-state index in [2.05, 4.69) is 13.5 Å². The molecule has 0 bridgehead atoms. The smallest absolute Gasteiger partial charge is 0.331 e. The fourth-order valence-corrected chi connectivity index (χ4v) is 2.98. The van der Waals surface area contributed by atoms with Crippen LogP contribution in [0.1, 0.15) is 33.1 Å². The van der Waals surface area contributed by atoms with Crippen molar-refractivity contribution < 1.29 is 14.7 Å². The van der Waals surface area contributed by atoms with E-state index < -0.39 is 5.97 Å². The molecule has 1 fully saturated rings. The molecule has 2 atom stereocenters. The van der Waals surface area contributed by atoms with Gasteiger partial charge >= 0.3 is 5.97 Å². The second kappa shape index (κ2) is 4.23. The number of carbonyl (C=O) groups is 2. The van der Waals surface area contributed by atoms with Crippen LogP contribution in [0, 0.1) is 11.3 Å². The number of carbonyl (C=O) groups excluding carboxylic acids is 1. The molecule has 96 valence electrons. The maximum absolute atomic E-state index is 11.7. The number of fused-ring (bicyclic) bond motifs is 1. The van der Waals surface area contributed by atoms with Gasteiger partial charge in [-0.05, 0) is 43.8 Å². The van der Waals surface area contributed by atoms with Crippen molar-refractivity contribution in [3.63, 3.8) is 0 Å². The van der Waals surface area contributed by atoms with Crippen LogP contribution in [-0.4, -0.2) is 16.9 Å². The van der Waals surface area contributed by atoms with E-state index >= 15 is 0 Å². The Kier molecular flexibility index (Phi) is 3.01. The van der Waals surface area contributed by atoms with Gasteiger partial charge in [-0.2, -0.15) is 0 Å². The molecule has 0 amide bonds. The van der Waals surface area contributed by atoms with E-state index in [1.54, 1.807) is 6.08 Å². The molecule has 0 aromatic carbocycles. The average molecular weight is 246 g/mol. The molecule has 0 heterocycles. The summed E-state index contributed by atoms with van der Waals surface area (Å²) in [5, 5.41) is 9.02. The van der Waals surface area contributed by atoms with Crippen LogP contribution in [-0.2, 0) is 9.59 Å². The van der Waals surface area contributed by atoms with E-state index in [-0.39, 0.29) is 22.7 Å². The Morgan fingerprint density at radius 3 is 2.83 bits per heavy atom. The topological polar surface area (TPSA) is 54.4 Å². The van der Waals surface area contributed by atoms with E-state index in [1.807, 2.05) is 13.0 Å². The van der Waals surface area contributed by atoms with E-state index in [0.29, 0.717) is 6.42 Å². The Labute approximate surface area is 107 Å². The summed E-state index contributed by atoms with van der Waals surface area (Å²) in [5.41, 5.74) is 2.06. The molecular weight excluding hydrogens is 228 g/mol. The highest BCUT2D eigenvalue weighted by atomic mass is 16.4. The second-order valence-corrected chi connectivity index (χ2v) is 5.49. The Morgan fingerprint density at radius 1 is 1.56 bits per heavy atom. The molecular formula is C15H18O3. The van der Waals surface area contributed by atoms with Gasteiger partial charge in [0.1, 0.15) is 0 Å². The molecule has 18 heavy (non-hydrogen) atoms. The van der Waals surface area contributed by atoms with Gasteiger partial charge in [0.05, 0.1) is 0 Å². The van der Waals surface area contributed by atoms with Crippen molar-refractivity contribution in [1.29, 1.82) is 0 Å². The lowest BCUT2D eigenvalue weighted by Crippen LogP contribution is -2.31. The molecule has 2 aliphatic carbocycles. The number of carboxylic acid groups (broad SMARTS) is 1. The summed E-state index contributed by atoms with van der Waals surface area (Å²) in [5.74, 6) is -0.927. The third-order valence-electron chi connectivity index (χ3n) is 4.34. The highest BCUT2D eigenvalue weighted by Crippen LogP contribution is 2.48. The predicted octanol–water partition coefficient (Wildman–Crippen LogP) is 2.89. The largest absolute Gasteiger partial charge is 0.478 e. The minimum atomic E-state index is -0.931. The quantitative estimate of drug-likeness (QED) is 0.762. The van der Waals surface area contributed by atoms with Gasteiger partial charge in [0.15, 0.2) is 5.78 Å². The summed E-state index contributed by atoms with van der Waals surface area (Å²) >= 11 is 0. The van der Waals surface area contributed by atoms with Crippen molar-refractivity contribution >= 4 is 11.8 Å². The van der Waals surface area contributed by atoms with Crippen molar-refractivity contribution in [3.8, 4) is 0 Å². The number of hydrogen-bond donors (Lipinski definition) is 1. The van der Waals surface area contributed by atoms with Gasteiger partial charge in [0.25, 0.3) is 0 Å². The normalized spacial score (nSPS) is 31.2. The first kappa shape index (κ1) is 12.8. The molecule has 0 aliphatic heterocycles. The lowest BCUT2D eigenvalue weighted by atomic mass is 9.63. The number of ketones is 1. The molecule has 1 N–H and O–H groups in total. The first-order valence-corrected chi connectivity index (χ1v) is 6.21. The molecule has 2 rings (SSSR count). The third-order valence-corrected chi connectivity index (χ3v) is 4.34. The van der Waals surface area contributed by atoms with Crippen molar-refractivity contribution in [2.45, 2.75) is 33.1 Å². The van der Waals surface area contributed by atoms with Crippen LogP contribution in [0.2, 0.25) is 0 Å².